The Hall–Kier alpha value is -1.28. The van der Waals surface area contributed by atoms with Gasteiger partial charge >= 0.3 is 0 Å². The maximum Gasteiger partial charge on any atom is 0.191 e. The van der Waals surface area contributed by atoms with Crippen LogP contribution in [0, 0.1) is 5.92 Å². The van der Waals surface area contributed by atoms with Gasteiger partial charge in [0, 0.05) is 43.3 Å². The maximum atomic E-state index is 4.40. The van der Waals surface area contributed by atoms with Gasteiger partial charge in [0.15, 0.2) is 5.96 Å². The molecule has 0 spiro atoms. The number of thiophene rings is 1. The second-order valence-corrected chi connectivity index (χ2v) is 7.79. The highest BCUT2D eigenvalue weighted by Crippen LogP contribution is 2.19. The summed E-state index contributed by atoms with van der Waals surface area (Å²) in [6, 6.07) is 15.4. The normalized spacial score (nSPS) is 18.3. The largest absolute Gasteiger partial charge is 0.369 e. The van der Waals surface area contributed by atoms with E-state index in [9.17, 15) is 0 Å². The Balaban J connectivity index is 0.00000243. The van der Waals surface area contributed by atoms with Crippen molar-refractivity contribution in [3.05, 3.63) is 52.7 Å². The molecule has 6 heteroatoms. The van der Waals surface area contributed by atoms with Crippen molar-refractivity contribution in [3.8, 4) is 0 Å². The molecule has 1 aliphatic heterocycles. The molecule has 2 aromatic rings. The fourth-order valence-electron chi connectivity index (χ4n) is 3.25. The highest BCUT2D eigenvalue weighted by Gasteiger charge is 2.23. The van der Waals surface area contributed by atoms with Crippen LogP contribution in [0.1, 0.15) is 18.2 Å². The quantitative estimate of drug-likeness (QED) is 0.370. The van der Waals surface area contributed by atoms with E-state index in [0.29, 0.717) is 12.0 Å². The molecule has 142 valence electrons. The van der Waals surface area contributed by atoms with Gasteiger partial charge in [-0.25, -0.2) is 0 Å². The Morgan fingerprint density at radius 2 is 2.08 bits per heavy atom. The average molecular weight is 484 g/mol. The zero-order valence-electron chi connectivity index (χ0n) is 15.5. The third kappa shape index (κ3) is 6.16. The second-order valence-electron chi connectivity index (χ2n) is 6.75. The SMILES string of the molecule is CN=C(NCC(C)Cc1cccs1)NC1CCN(c2ccccc2)C1.I. The number of anilines is 1. The molecule has 1 aromatic heterocycles. The zero-order chi connectivity index (χ0) is 17.5. The minimum atomic E-state index is 0. The van der Waals surface area contributed by atoms with Crippen LogP contribution in [-0.2, 0) is 6.42 Å². The molecule has 2 heterocycles. The van der Waals surface area contributed by atoms with E-state index < -0.39 is 0 Å². The Morgan fingerprint density at radius 1 is 1.27 bits per heavy atom. The lowest BCUT2D eigenvalue weighted by Crippen LogP contribution is -2.45. The number of guanidine groups is 1. The molecule has 2 atom stereocenters. The van der Waals surface area contributed by atoms with Gasteiger partial charge < -0.3 is 15.5 Å². The zero-order valence-corrected chi connectivity index (χ0v) is 18.7. The van der Waals surface area contributed by atoms with E-state index in [-0.39, 0.29) is 24.0 Å². The van der Waals surface area contributed by atoms with Crippen LogP contribution >= 0.6 is 35.3 Å². The van der Waals surface area contributed by atoms with Crippen LogP contribution in [0.3, 0.4) is 0 Å². The summed E-state index contributed by atoms with van der Waals surface area (Å²) in [5, 5.41) is 9.21. The molecule has 2 unspecified atom stereocenters. The topological polar surface area (TPSA) is 39.7 Å². The highest BCUT2D eigenvalue weighted by molar-refractivity contribution is 14.0. The molecule has 1 aliphatic rings. The van der Waals surface area contributed by atoms with Gasteiger partial charge in [-0.3, -0.25) is 4.99 Å². The van der Waals surface area contributed by atoms with E-state index in [4.69, 9.17) is 0 Å². The summed E-state index contributed by atoms with van der Waals surface area (Å²) in [4.78, 5) is 8.28. The molecule has 1 saturated heterocycles. The molecule has 2 N–H and O–H groups in total. The van der Waals surface area contributed by atoms with Crippen molar-refractivity contribution in [1.82, 2.24) is 10.6 Å². The lowest BCUT2D eigenvalue weighted by molar-refractivity contribution is 0.554. The van der Waals surface area contributed by atoms with E-state index in [1.165, 1.54) is 10.6 Å². The minimum absolute atomic E-state index is 0. The summed E-state index contributed by atoms with van der Waals surface area (Å²) in [6.45, 7) is 5.34. The molecule has 0 radical (unpaired) electrons. The molecule has 1 aromatic carbocycles. The van der Waals surface area contributed by atoms with Gasteiger partial charge in [-0.15, -0.1) is 35.3 Å². The molecule has 0 amide bonds. The fraction of sp³-hybridized carbons (Fsp3) is 0.450. The molecule has 0 saturated carbocycles. The molecule has 26 heavy (non-hydrogen) atoms. The number of aliphatic imine (C=N–C) groups is 1. The highest BCUT2D eigenvalue weighted by atomic mass is 127. The van der Waals surface area contributed by atoms with Crippen molar-refractivity contribution >= 4 is 47.0 Å². The van der Waals surface area contributed by atoms with Crippen LogP contribution in [-0.4, -0.2) is 38.7 Å². The Kier molecular flexibility index (Phi) is 8.71. The van der Waals surface area contributed by atoms with E-state index in [1.54, 1.807) is 0 Å². The first kappa shape index (κ1) is 21.0. The first-order valence-electron chi connectivity index (χ1n) is 9.04. The Morgan fingerprint density at radius 3 is 2.77 bits per heavy atom. The standard InChI is InChI=1S/C20H28N4S.HI/c1-16(13-19-9-6-12-25-19)14-22-20(21-2)23-17-10-11-24(15-17)18-7-4-3-5-8-18;/h3-9,12,16-17H,10-11,13-15H2,1-2H3,(H2,21,22,23);1H. The number of hydrogen-bond acceptors (Lipinski definition) is 3. The van der Waals surface area contributed by atoms with E-state index in [1.807, 2.05) is 18.4 Å². The van der Waals surface area contributed by atoms with Crippen molar-refractivity contribution < 1.29 is 0 Å². The summed E-state index contributed by atoms with van der Waals surface area (Å²) in [5.41, 5.74) is 1.30. The van der Waals surface area contributed by atoms with Crippen LogP contribution in [0.25, 0.3) is 0 Å². The van der Waals surface area contributed by atoms with Crippen LogP contribution in [0.2, 0.25) is 0 Å². The lowest BCUT2D eigenvalue weighted by Gasteiger charge is -2.21. The first-order valence-corrected chi connectivity index (χ1v) is 9.92. The van der Waals surface area contributed by atoms with Gasteiger partial charge in [0.2, 0.25) is 0 Å². The molecule has 3 rings (SSSR count). The lowest BCUT2D eigenvalue weighted by atomic mass is 10.1. The fourth-order valence-corrected chi connectivity index (χ4v) is 4.12. The molecule has 0 bridgehead atoms. The van der Waals surface area contributed by atoms with Crippen molar-refractivity contribution in [2.24, 2.45) is 10.9 Å². The number of rotatable bonds is 6. The molecular formula is C20H29IN4S. The van der Waals surface area contributed by atoms with Crippen molar-refractivity contribution in [2.75, 3.05) is 31.6 Å². The van der Waals surface area contributed by atoms with Crippen molar-refractivity contribution in [3.63, 3.8) is 0 Å². The van der Waals surface area contributed by atoms with Gasteiger partial charge in [-0.05, 0) is 42.3 Å². The third-order valence-corrected chi connectivity index (χ3v) is 5.52. The predicted octanol–water partition coefficient (Wildman–Crippen LogP) is 3.99. The maximum absolute atomic E-state index is 4.40. The average Bonchev–Trinajstić information content (AvgIpc) is 3.31. The van der Waals surface area contributed by atoms with Gasteiger partial charge in [0.05, 0.1) is 0 Å². The molecule has 0 aliphatic carbocycles. The summed E-state index contributed by atoms with van der Waals surface area (Å²) in [7, 11) is 1.85. The number of hydrogen-bond donors (Lipinski definition) is 2. The molecule has 1 fully saturated rings. The Labute approximate surface area is 178 Å². The number of nitrogens with one attached hydrogen (secondary N) is 2. The first-order chi connectivity index (χ1) is 12.2. The van der Waals surface area contributed by atoms with Gasteiger partial charge in [-0.2, -0.15) is 0 Å². The monoisotopic (exact) mass is 484 g/mol. The van der Waals surface area contributed by atoms with Crippen molar-refractivity contribution in [1.29, 1.82) is 0 Å². The summed E-state index contributed by atoms with van der Waals surface area (Å²) < 4.78 is 0. The summed E-state index contributed by atoms with van der Waals surface area (Å²) >= 11 is 1.84. The minimum Gasteiger partial charge on any atom is -0.369 e. The predicted molar refractivity (Wildman–Crippen MR) is 124 cm³/mol. The molecule has 4 nitrogen and oxygen atoms in total. The Bertz CT molecular complexity index is 660. The smallest absolute Gasteiger partial charge is 0.191 e. The van der Waals surface area contributed by atoms with Gasteiger partial charge in [-0.1, -0.05) is 31.2 Å². The summed E-state index contributed by atoms with van der Waals surface area (Å²) in [5.74, 6) is 1.50. The number of benzene rings is 1. The number of halogens is 1. The molecular weight excluding hydrogens is 455 g/mol. The van der Waals surface area contributed by atoms with Gasteiger partial charge in [0.25, 0.3) is 0 Å². The van der Waals surface area contributed by atoms with Crippen molar-refractivity contribution in [2.45, 2.75) is 25.8 Å². The van der Waals surface area contributed by atoms with E-state index in [0.717, 1.165) is 38.4 Å². The van der Waals surface area contributed by atoms with E-state index in [2.05, 4.69) is 75.3 Å². The third-order valence-electron chi connectivity index (χ3n) is 4.62. The number of nitrogens with zero attached hydrogens (tertiary/aromatic N) is 2. The van der Waals surface area contributed by atoms with Gasteiger partial charge in [0.1, 0.15) is 0 Å². The van der Waals surface area contributed by atoms with Crippen LogP contribution < -0.4 is 15.5 Å². The number of para-hydroxylation sites is 1. The van der Waals surface area contributed by atoms with Crippen LogP contribution in [0.15, 0.2) is 52.8 Å². The summed E-state index contributed by atoms with van der Waals surface area (Å²) in [6.07, 6.45) is 2.26. The van der Waals surface area contributed by atoms with Crippen LogP contribution in [0.5, 0.6) is 0 Å². The second kappa shape index (κ2) is 10.8. The van der Waals surface area contributed by atoms with E-state index >= 15 is 0 Å². The van der Waals surface area contributed by atoms with Crippen LogP contribution in [0.4, 0.5) is 5.69 Å².